The minimum atomic E-state index is -2.52. The lowest BCUT2D eigenvalue weighted by Gasteiger charge is -2.68. The third-order valence-corrected chi connectivity index (χ3v) is 18.1. The molecule has 32 heavy (non-hydrogen) atoms. The second-order valence-electron chi connectivity index (χ2n) is 10.5. The maximum absolute atomic E-state index is 6.86. The van der Waals surface area contributed by atoms with Gasteiger partial charge in [-0.25, -0.2) is 0 Å². The van der Waals surface area contributed by atoms with E-state index in [2.05, 4.69) is 62.3 Å². The van der Waals surface area contributed by atoms with Crippen LogP contribution in [0.3, 0.4) is 0 Å². The molecule has 0 aliphatic carbocycles. The van der Waals surface area contributed by atoms with E-state index in [9.17, 15) is 0 Å². The average Bonchev–Trinajstić information content (AvgIpc) is 2.82. The van der Waals surface area contributed by atoms with Crippen LogP contribution in [0.1, 0.15) is 133 Å². The maximum atomic E-state index is 6.86. The highest BCUT2D eigenvalue weighted by atomic mass is 28.3. The summed E-state index contributed by atoms with van der Waals surface area (Å²) in [4.78, 5) is 0. The molecule has 194 valence electrons. The van der Waals surface area contributed by atoms with Crippen LogP contribution in [0, 0.1) is 5.41 Å². The van der Waals surface area contributed by atoms with E-state index in [0.29, 0.717) is 0 Å². The summed E-state index contributed by atoms with van der Waals surface area (Å²) >= 11 is 0. The zero-order valence-electron chi connectivity index (χ0n) is 24.2. The van der Waals surface area contributed by atoms with E-state index in [1.165, 1.54) is 44.6 Å². The Morgan fingerprint density at radius 2 is 1.12 bits per heavy atom. The molecule has 0 rings (SSSR count). The highest BCUT2D eigenvalue weighted by molar-refractivity contribution is 6.87. The number of methoxy groups -OCH3 is 3. The third kappa shape index (κ3) is 5.04. The lowest BCUT2D eigenvalue weighted by atomic mass is 9.67. The molecule has 0 spiro atoms. The Labute approximate surface area is 203 Å². The molecule has 0 bridgehead atoms. The van der Waals surface area contributed by atoms with Crippen LogP contribution in [0.4, 0.5) is 0 Å². The molecule has 0 aromatic heterocycles. The Morgan fingerprint density at radius 3 is 1.44 bits per heavy atom. The largest absolute Gasteiger partial charge is 0.381 e. The first-order valence-corrected chi connectivity index (χ1v) is 16.0. The van der Waals surface area contributed by atoms with Gasteiger partial charge in [0.2, 0.25) is 0 Å². The van der Waals surface area contributed by atoms with Gasteiger partial charge in [0.1, 0.15) is 0 Å². The molecule has 4 heteroatoms. The maximum Gasteiger partial charge on any atom is 0.167 e. The molecular formula is C28H60O3Si. The zero-order chi connectivity index (χ0) is 25.1. The Morgan fingerprint density at radius 1 is 0.594 bits per heavy atom. The van der Waals surface area contributed by atoms with Gasteiger partial charge in [-0.2, -0.15) is 0 Å². The van der Waals surface area contributed by atoms with Crippen LogP contribution in [0.25, 0.3) is 0 Å². The normalized spacial score (nSPS) is 18.8. The van der Waals surface area contributed by atoms with Crippen molar-refractivity contribution in [2.75, 3.05) is 21.3 Å². The van der Waals surface area contributed by atoms with Crippen molar-refractivity contribution < 1.29 is 14.2 Å². The topological polar surface area (TPSA) is 27.7 Å². The van der Waals surface area contributed by atoms with E-state index in [4.69, 9.17) is 14.2 Å². The molecule has 0 radical (unpaired) electrons. The number of hydrogen-bond donors (Lipinski definition) is 0. The Hall–Kier alpha value is 0.0969. The van der Waals surface area contributed by atoms with Crippen molar-refractivity contribution in [3.8, 4) is 0 Å². The van der Waals surface area contributed by atoms with E-state index in [1.807, 2.05) is 21.3 Å². The molecule has 0 amide bonds. The van der Waals surface area contributed by atoms with Crippen LogP contribution in [-0.4, -0.2) is 40.0 Å². The van der Waals surface area contributed by atoms with Gasteiger partial charge in [-0.3, -0.25) is 0 Å². The zero-order valence-corrected chi connectivity index (χ0v) is 25.2. The SMILES string of the molecule is CCCCC(CCC)(OC)[Si](CCC)(C(C)(OC)OC)C(C)(CC)C(CC)(CC)CCC. The van der Waals surface area contributed by atoms with Crippen LogP contribution < -0.4 is 0 Å². The predicted molar refractivity (Wildman–Crippen MR) is 144 cm³/mol. The Bertz CT molecular complexity index is 503. The van der Waals surface area contributed by atoms with Gasteiger partial charge >= 0.3 is 0 Å². The molecule has 3 atom stereocenters. The molecule has 3 nitrogen and oxygen atoms in total. The first-order valence-electron chi connectivity index (χ1n) is 13.8. The standard InChI is InChI=1S/C28H60O3Si/c1-13-20-23-28(31-12,22-15-3)32(24-16-4,26(9,29-10)30-11)25(8,17-5)27(18-6,19-7)21-14-2/h13-24H2,1-12H3. The molecule has 0 aromatic rings. The van der Waals surface area contributed by atoms with Crippen LogP contribution in [-0.2, 0) is 14.2 Å². The van der Waals surface area contributed by atoms with E-state index >= 15 is 0 Å². The van der Waals surface area contributed by atoms with Crippen LogP contribution in [0.5, 0.6) is 0 Å². The molecular weight excluding hydrogens is 412 g/mol. The van der Waals surface area contributed by atoms with E-state index in [-0.39, 0.29) is 15.7 Å². The minimum Gasteiger partial charge on any atom is -0.381 e. The summed E-state index contributed by atoms with van der Waals surface area (Å²) in [5.74, 6) is 0. The number of hydrogen-bond acceptors (Lipinski definition) is 3. The van der Waals surface area contributed by atoms with Crippen LogP contribution >= 0.6 is 0 Å². The monoisotopic (exact) mass is 472 g/mol. The molecule has 0 heterocycles. The van der Waals surface area contributed by atoms with Gasteiger partial charge < -0.3 is 14.2 Å². The van der Waals surface area contributed by atoms with Gasteiger partial charge in [-0.1, -0.05) is 107 Å². The summed E-state index contributed by atoms with van der Waals surface area (Å²) in [5.41, 5.74) is -0.365. The van der Waals surface area contributed by atoms with E-state index in [0.717, 1.165) is 32.1 Å². The fraction of sp³-hybridized carbons (Fsp3) is 1.00. The van der Waals surface area contributed by atoms with Crippen molar-refractivity contribution in [1.82, 2.24) is 0 Å². The van der Waals surface area contributed by atoms with Crippen molar-refractivity contribution in [3.05, 3.63) is 0 Å². The highest BCUT2D eigenvalue weighted by Gasteiger charge is 2.74. The highest BCUT2D eigenvalue weighted by Crippen LogP contribution is 2.69. The summed E-state index contributed by atoms with van der Waals surface area (Å²) in [6.07, 6.45) is 12.8. The lowest BCUT2D eigenvalue weighted by molar-refractivity contribution is -0.155. The smallest absolute Gasteiger partial charge is 0.167 e. The molecule has 0 saturated heterocycles. The van der Waals surface area contributed by atoms with Crippen LogP contribution in [0.15, 0.2) is 0 Å². The van der Waals surface area contributed by atoms with Crippen molar-refractivity contribution >= 4 is 8.07 Å². The first-order chi connectivity index (χ1) is 15.1. The molecule has 0 N–H and O–H groups in total. The number of ether oxygens (including phenoxy) is 3. The average molecular weight is 473 g/mol. The van der Waals surface area contributed by atoms with Crippen molar-refractivity contribution in [1.29, 1.82) is 0 Å². The third-order valence-electron chi connectivity index (χ3n) is 9.84. The van der Waals surface area contributed by atoms with Gasteiger partial charge in [0.05, 0.1) is 5.22 Å². The summed E-state index contributed by atoms with van der Waals surface area (Å²) < 4.78 is 19.9. The van der Waals surface area contributed by atoms with Gasteiger partial charge in [0, 0.05) is 21.3 Å². The molecule has 0 aromatic carbocycles. The molecule has 0 saturated carbocycles. The second-order valence-corrected chi connectivity index (χ2v) is 15.7. The van der Waals surface area contributed by atoms with Gasteiger partial charge in [0.25, 0.3) is 0 Å². The van der Waals surface area contributed by atoms with E-state index in [1.54, 1.807) is 0 Å². The molecule has 0 fully saturated rings. The number of rotatable bonds is 19. The molecule has 0 aliphatic heterocycles. The second kappa shape index (κ2) is 13.9. The summed E-state index contributed by atoms with van der Waals surface area (Å²) in [6.45, 7) is 21.5. The Kier molecular flexibility index (Phi) is 13.9. The lowest BCUT2D eigenvalue weighted by Crippen LogP contribution is -2.80. The summed E-state index contributed by atoms with van der Waals surface area (Å²) in [5, 5.41) is -0.0716. The first kappa shape index (κ1) is 32.1. The van der Waals surface area contributed by atoms with Crippen molar-refractivity contribution in [2.24, 2.45) is 5.41 Å². The molecule has 0 aliphatic rings. The Balaban J connectivity index is 7.82. The van der Waals surface area contributed by atoms with Gasteiger partial charge in [-0.05, 0) is 42.7 Å². The van der Waals surface area contributed by atoms with E-state index < -0.39 is 13.5 Å². The van der Waals surface area contributed by atoms with Crippen molar-refractivity contribution in [3.63, 3.8) is 0 Å². The fourth-order valence-electron chi connectivity index (χ4n) is 8.02. The summed E-state index contributed by atoms with van der Waals surface area (Å²) in [6, 6.07) is 1.17. The number of unbranched alkanes of at least 4 members (excludes halogenated alkanes) is 1. The quantitative estimate of drug-likeness (QED) is 0.138. The van der Waals surface area contributed by atoms with Gasteiger partial charge in [0.15, 0.2) is 13.5 Å². The molecule has 3 unspecified atom stereocenters. The van der Waals surface area contributed by atoms with Crippen molar-refractivity contribution in [2.45, 2.75) is 155 Å². The summed E-state index contributed by atoms with van der Waals surface area (Å²) in [7, 11) is 3.22. The van der Waals surface area contributed by atoms with Crippen LogP contribution in [0.2, 0.25) is 11.1 Å². The predicted octanol–water partition coefficient (Wildman–Crippen LogP) is 9.08. The fourth-order valence-corrected chi connectivity index (χ4v) is 17.4. The minimum absolute atomic E-state index is 0.106. The van der Waals surface area contributed by atoms with Gasteiger partial charge in [-0.15, -0.1) is 0 Å².